The van der Waals surface area contributed by atoms with Gasteiger partial charge in [-0.15, -0.1) is 11.3 Å². The molecule has 0 bridgehead atoms. The fraction of sp³-hybridized carbons (Fsp3) is 0.103. The van der Waals surface area contributed by atoms with Gasteiger partial charge in [0.25, 0.3) is 0 Å². The summed E-state index contributed by atoms with van der Waals surface area (Å²) in [6.07, 6.45) is 15.2. The summed E-state index contributed by atoms with van der Waals surface area (Å²) in [6.45, 7) is 0. The van der Waals surface area contributed by atoms with Gasteiger partial charge in [0.1, 0.15) is 16.9 Å². The Kier molecular flexibility index (Phi) is 5.42. The molecule has 7 aromatic heterocycles. The molecule has 8 heterocycles. The maximum absolute atomic E-state index is 7.41. The minimum atomic E-state index is -1.48. The number of rotatable bonds is 7. The molecule has 3 unspecified atom stereocenters. The number of H-pyrrole nitrogens is 3. The van der Waals surface area contributed by atoms with E-state index in [0.29, 0.717) is 28.8 Å². The normalized spacial score (nSPS) is 23.9. The van der Waals surface area contributed by atoms with Crippen LogP contribution in [0.15, 0.2) is 120 Å². The van der Waals surface area contributed by atoms with Crippen molar-refractivity contribution in [2.75, 3.05) is 5.06 Å². The Morgan fingerprint density at radius 1 is 0.810 bits per heavy atom. The molecule has 1 aliphatic rings. The Hall–Kier alpha value is -5.40. The van der Waals surface area contributed by atoms with Gasteiger partial charge in [0.15, 0.2) is 11.1 Å². The van der Waals surface area contributed by atoms with Crippen molar-refractivity contribution in [1.29, 1.82) is 0 Å². The van der Waals surface area contributed by atoms with Crippen LogP contribution >= 0.6 is 11.3 Å². The van der Waals surface area contributed by atoms with Gasteiger partial charge < -0.3 is 14.4 Å². The van der Waals surface area contributed by atoms with Crippen molar-refractivity contribution in [1.82, 2.24) is 45.3 Å². The van der Waals surface area contributed by atoms with E-state index in [-0.39, 0.29) is 0 Å². The maximum Gasteiger partial charge on any atom is 0.228 e. The SMILES string of the molecule is c1cnnc(C2(c3cccs3)C(c3cnccn3)(c3ccn[nH]3)ON(c3ncc[nH]3)C2(c2ccc[nH]2)c2ccco2)c1. The molecule has 8 rings (SSSR count). The smallest absolute Gasteiger partial charge is 0.228 e. The number of imidazole rings is 1. The van der Waals surface area contributed by atoms with Crippen LogP contribution in [0.5, 0.6) is 0 Å². The molecule has 1 fully saturated rings. The van der Waals surface area contributed by atoms with Crippen molar-refractivity contribution in [3.63, 3.8) is 0 Å². The lowest BCUT2D eigenvalue weighted by Gasteiger charge is -2.48. The minimum absolute atomic E-state index is 0.427. The van der Waals surface area contributed by atoms with E-state index in [1.54, 1.807) is 66.0 Å². The van der Waals surface area contributed by atoms with Crippen molar-refractivity contribution in [2.45, 2.75) is 16.6 Å². The molecule has 3 N–H and O–H groups in total. The predicted octanol–water partition coefficient (Wildman–Crippen LogP) is 4.32. The minimum Gasteiger partial charge on any atom is -0.466 e. The zero-order valence-corrected chi connectivity index (χ0v) is 22.6. The molecule has 0 saturated carbocycles. The van der Waals surface area contributed by atoms with Crippen LogP contribution in [-0.2, 0) is 21.4 Å². The summed E-state index contributed by atoms with van der Waals surface area (Å²) in [5, 5.41) is 20.6. The molecule has 0 spiro atoms. The van der Waals surface area contributed by atoms with Crippen LogP contribution in [0.3, 0.4) is 0 Å². The number of anilines is 1. The van der Waals surface area contributed by atoms with E-state index in [2.05, 4.69) is 41.3 Å². The van der Waals surface area contributed by atoms with Gasteiger partial charge in [-0.3, -0.25) is 15.1 Å². The van der Waals surface area contributed by atoms with E-state index in [9.17, 15) is 0 Å². The highest BCUT2D eigenvalue weighted by Gasteiger charge is 2.81. The van der Waals surface area contributed by atoms with Crippen LogP contribution in [0.4, 0.5) is 5.95 Å². The summed E-state index contributed by atoms with van der Waals surface area (Å²) in [6, 6.07) is 17.5. The van der Waals surface area contributed by atoms with E-state index in [0.717, 1.165) is 10.6 Å². The first-order chi connectivity index (χ1) is 20.8. The van der Waals surface area contributed by atoms with E-state index >= 15 is 0 Å². The summed E-state index contributed by atoms with van der Waals surface area (Å²) in [5.74, 6) is 0.988. The second-order valence-corrected chi connectivity index (χ2v) is 10.6. The lowest BCUT2D eigenvalue weighted by atomic mass is 9.54. The van der Waals surface area contributed by atoms with Crippen molar-refractivity contribution in [3.8, 4) is 0 Å². The first-order valence-electron chi connectivity index (χ1n) is 13.1. The van der Waals surface area contributed by atoms with Crippen molar-refractivity contribution in [2.24, 2.45) is 0 Å². The lowest BCUT2D eigenvalue weighted by Crippen LogP contribution is -2.61. The Balaban J connectivity index is 1.68. The average Bonchev–Trinajstić information content (AvgIpc) is 3.89. The number of nitrogens with one attached hydrogen (secondary N) is 3. The third-order valence-corrected chi connectivity index (χ3v) is 8.79. The van der Waals surface area contributed by atoms with Gasteiger partial charge in [-0.1, -0.05) is 6.07 Å². The number of aromatic amines is 3. The summed E-state index contributed by atoms with van der Waals surface area (Å²) in [5.41, 5.74) is -1.67. The van der Waals surface area contributed by atoms with Crippen LogP contribution < -0.4 is 5.06 Å². The lowest BCUT2D eigenvalue weighted by molar-refractivity contribution is -0.0175. The van der Waals surface area contributed by atoms with Gasteiger partial charge in [-0.05, 0) is 53.9 Å². The largest absolute Gasteiger partial charge is 0.466 e. The molecule has 0 aliphatic carbocycles. The molecule has 0 radical (unpaired) electrons. The van der Waals surface area contributed by atoms with E-state index in [1.165, 1.54) is 0 Å². The standard InChI is InChI=1S/C29H22N10O2S/c1-6-21(31-10-1)28(24-7-3-17-40-24)27(25-8-4-18-42-25,20-5-2-11-35-37-20)29(22-9-12-36-38-22,23-19-30-13-14-32-23)41-39(28)26-33-15-16-34-26/h1-19,31H,(H,33,34)(H,36,38). The molecular weight excluding hydrogens is 552 g/mol. The van der Waals surface area contributed by atoms with Crippen LogP contribution in [-0.4, -0.2) is 45.3 Å². The Morgan fingerprint density at radius 2 is 1.81 bits per heavy atom. The summed E-state index contributed by atoms with van der Waals surface area (Å²) in [4.78, 5) is 29.1. The zero-order valence-electron chi connectivity index (χ0n) is 21.8. The summed E-state index contributed by atoms with van der Waals surface area (Å²) < 4.78 is 6.41. The molecule has 0 amide bonds. The highest BCUT2D eigenvalue weighted by Crippen LogP contribution is 2.70. The number of hydrogen-bond donors (Lipinski definition) is 3. The first kappa shape index (κ1) is 24.4. The van der Waals surface area contributed by atoms with Gasteiger partial charge in [0.2, 0.25) is 5.95 Å². The predicted molar refractivity (Wildman–Crippen MR) is 151 cm³/mol. The molecule has 206 valence electrons. The maximum atomic E-state index is 7.41. The molecular formula is C29H22N10O2S. The van der Waals surface area contributed by atoms with E-state index in [4.69, 9.17) is 19.3 Å². The number of hydrogen-bond acceptors (Lipinski definition) is 10. The molecule has 13 heteroatoms. The van der Waals surface area contributed by atoms with Gasteiger partial charge in [-0.2, -0.15) is 20.4 Å². The third-order valence-electron chi connectivity index (χ3n) is 7.80. The fourth-order valence-corrected chi connectivity index (χ4v) is 7.45. The van der Waals surface area contributed by atoms with E-state index in [1.807, 2.05) is 60.1 Å². The van der Waals surface area contributed by atoms with Gasteiger partial charge in [-0.25, -0.2) is 9.82 Å². The molecule has 1 aliphatic heterocycles. The van der Waals surface area contributed by atoms with E-state index < -0.39 is 16.6 Å². The van der Waals surface area contributed by atoms with Crippen LogP contribution in [0.1, 0.15) is 33.4 Å². The Labute approximate surface area is 242 Å². The van der Waals surface area contributed by atoms with Crippen LogP contribution in [0.25, 0.3) is 0 Å². The molecule has 12 nitrogen and oxygen atoms in total. The van der Waals surface area contributed by atoms with Gasteiger partial charge >= 0.3 is 0 Å². The van der Waals surface area contributed by atoms with Crippen molar-refractivity contribution < 1.29 is 9.25 Å². The number of hydroxylamine groups is 1. The van der Waals surface area contributed by atoms with Crippen LogP contribution in [0.2, 0.25) is 0 Å². The fourth-order valence-electron chi connectivity index (χ4n) is 6.42. The highest BCUT2D eigenvalue weighted by atomic mass is 32.1. The number of thiophene rings is 1. The average molecular weight is 575 g/mol. The Bertz CT molecular complexity index is 1830. The molecule has 1 saturated heterocycles. The molecule has 0 aromatic carbocycles. The molecule has 42 heavy (non-hydrogen) atoms. The van der Waals surface area contributed by atoms with Gasteiger partial charge in [0.05, 0.1) is 29.5 Å². The van der Waals surface area contributed by atoms with Crippen LogP contribution in [0, 0.1) is 0 Å². The monoisotopic (exact) mass is 574 g/mol. The number of aromatic nitrogens is 9. The zero-order chi connectivity index (χ0) is 28.0. The second kappa shape index (κ2) is 9.33. The third kappa shape index (κ3) is 2.97. The highest BCUT2D eigenvalue weighted by molar-refractivity contribution is 7.10. The summed E-state index contributed by atoms with van der Waals surface area (Å²) >= 11 is 1.56. The first-order valence-corrected chi connectivity index (χ1v) is 14.0. The number of nitrogens with zero attached hydrogens (tertiary/aromatic N) is 7. The summed E-state index contributed by atoms with van der Waals surface area (Å²) in [7, 11) is 0. The topological polar surface area (TPSA) is 150 Å². The Morgan fingerprint density at radius 3 is 2.48 bits per heavy atom. The van der Waals surface area contributed by atoms with Gasteiger partial charge in [0, 0.05) is 48.3 Å². The second-order valence-electron chi connectivity index (χ2n) is 9.65. The molecule has 3 atom stereocenters. The van der Waals surface area contributed by atoms with Crippen molar-refractivity contribution >= 4 is 17.3 Å². The quantitative estimate of drug-likeness (QED) is 0.253. The molecule has 7 aromatic rings. The van der Waals surface area contributed by atoms with Crippen molar-refractivity contribution in [3.05, 3.63) is 149 Å². The number of furan rings is 1.